The Morgan fingerprint density at radius 2 is 2.04 bits per heavy atom. The van der Waals surface area contributed by atoms with Crippen LogP contribution in [0.2, 0.25) is 0 Å². The minimum absolute atomic E-state index is 0.174. The molecule has 2 unspecified atom stereocenters. The smallest absolute Gasteiger partial charge is 0.352 e. The number of ether oxygens (including phenoxy) is 1. The Labute approximate surface area is 165 Å². The van der Waals surface area contributed by atoms with E-state index in [0.717, 1.165) is 16.0 Å². The van der Waals surface area contributed by atoms with Gasteiger partial charge in [0.1, 0.15) is 23.7 Å². The molecule has 2 aliphatic heterocycles. The molecule has 9 heteroatoms. The van der Waals surface area contributed by atoms with Crippen LogP contribution < -0.4 is 5.32 Å². The van der Waals surface area contributed by atoms with Crippen molar-refractivity contribution < 1.29 is 29.0 Å². The number of hydrogen-bond donors (Lipinski definition) is 2. The standard InChI is InChI=1S/C19H20N2O6S/c1-9-4-5-10(2)13(6-9)16(23)20-14-17(24)21-15(19(25)26)12(7-27-11(3)22)8-28-18(14)21/h4-6,14,18H,7-8H2,1-3H3,(H,20,23)(H,25,26). The van der Waals surface area contributed by atoms with Crippen LogP contribution in [0.3, 0.4) is 0 Å². The summed E-state index contributed by atoms with van der Waals surface area (Å²) in [5, 5.41) is 11.8. The predicted molar refractivity (Wildman–Crippen MR) is 102 cm³/mol. The van der Waals surface area contributed by atoms with Crippen LogP contribution in [0.5, 0.6) is 0 Å². The monoisotopic (exact) mass is 404 g/mol. The van der Waals surface area contributed by atoms with E-state index in [4.69, 9.17) is 4.74 Å². The van der Waals surface area contributed by atoms with E-state index in [1.165, 1.54) is 18.7 Å². The van der Waals surface area contributed by atoms with Gasteiger partial charge in [0, 0.05) is 23.8 Å². The van der Waals surface area contributed by atoms with Gasteiger partial charge in [-0.3, -0.25) is 19.3 Å². The topological polar surface area (TPSA) is 113 Å². The molecule has 1 fully saturated rings. The number of nitrogens with zero attached hydrogens (tertiary/aromatic N) is 1. The molecule has 0 spiro atoms. The number of carboxylic acids is 1. The molecule has 2 atom stereocenters. The Morgan fingerprint density at radius 1 is 1.32 bits per heavy atom. The molecule has 0 aliphatic carbocycles. The molecule has 1 aromatic rings. The summed E-state index contributed by atoms with van der Waals surface area (Å²) in [6.45, 7) is 4.73. The summed E-state index contributed by atoms with van der Waals surface area (Å²) in [7, 11) is 0. The van der Waals surface area contributed by atoms with Crippen molar-refractivity contribution in [2.45, 2.75) is 32.2 Å². The zero-order valence-electron chi connectivity index (χ0n) is 15.6. The first-order chi connectivity index (χ1) is 13.2. The first kappa shape index (κ1) is 19.9. The van der Waals surface area contributed by atoms with Crippen molar-refractivity contribution in [2.75, 3.05) is 12.4 Å². The molecule has 0 aromatic heterocycles. The van der Waals surface area contributed by atoms with Crippen LogP contribution in [-0.4, -0.2) is 57.5 Å². The highest BCUT2D eigenvalue weighted by Crippen LogP contribution is 2.40. The van der Waals surface area contributed by atoms with E-state index in [2.05, 4.69) is 5.32 Å². The van der Waals surface area contributed by atoms with Gasteiger partial charge in [-0.25, -0.2) is 4.79 Å². The van der Waals surface area contributed by atoms with Crippen LogP contribution >= 0.6 is 11.8 Å². The number of aliphatic carboxylic acids is 1. The molecule has 0 radical (unpaired) electrons. The van der Waals surface area contributed by atoms with Crippen molar-refractivity contribution in [2.24, 2.45) is 0 Å². The summed E-state index contributed by atoms with van der Waals surface area (Å²) in [6.07, 6.45) is 0. The van der Waals surface area contributed by atoms with Crippen molar-refractivity contribution in [3.63, 3.8) is 0 Å². The van der Waals surface area contributed by atoms with Gasteiger partial charge in [-0.1, -0.05) is 17.7 Å². The summed E-state index contributed by atoms with van der Waals surface area (Å²) in [6, 6.07) is 4.68. The van der Waals surface area contributed by atoms with E-state index in [-0.39, 0.29) is 18.2 Å². The highest BCUT2D eigenvalue weighted by Gasteiger charge is 2.54. The normalized spacial score (nSPS) is 21.0. The zero-order chi connectivity index (χ0) is 20.6. The van der Waals surface area contributed by atoms with Gasteiger partial charge in [0.25, 0.3) is 11.8 Å². The van der Waals surface area contributed by atoms with Crippen molar-refractivity contribution in [3.8, 4) is 0 Å². The van der Waals surface area contributed by atoms with Gasteiger partial charge in [0.2, 0.25) is 0 Å². The number of esters is 1. The Bertz CT molecular complexity index is 910. The third kappa shape index (κ3) is 3.62. The predicted octanol–water partition coefficient (Wildman–Crippen LogP) is 1.22. The highest BCUT2D eigenvalue weighted by molar-refractivity contribution is 8.00. The quantitative estimate of drug-likeness (QED) is 0.560. The fourth-order valence-corrected chi connectivity index (χ4v) is 4.51. The number of rotatable bonds is 5. The number of carbonyl (C=O) groups is 4. The second kappa shape index (κ2) is 7.67. The van der Waals surface area contributed by atoms with E-state index < -0.39 is 29.3 Å². The number of aryl methyl sites for hydroxylation is 2. The van der Waals surface area contributed by atoms with E-state index >= 15 is 0 Å². The second-order valence-electron chi connectivity index (χ2n) is 6.72. The van der Waals surface area contributed by atoms with Crippen LogP contribution in [0.25, 0.3) is 0 Å². The molecule has 2 heterocycles. The van der Waals surface area contributed by atoms with E-state index in [1.54, 1.807) is 6.07 Å². The summed E-state index contributed by atoms with van der Waals surface area (Å²) in [4.78, 5) is 49.1. The molecule has 3 rings (SSSR count). The number of carbonyl (C=O) groups excluding carboxylic acids is 3. The molecule has 0 saturated carbocycles. The summed E-state index contributed by atoms with van der Waals surface area (Å²) in [5.41, 5.74) is 2.38. The first-order valence-electron chi connectivity index (χ1n) is 8.62. The largest absolute Gasteiger partial charge is 0.477 e. The second-order valence-corrected chi connectivity index (χ2v) is 7.82. The van der Waals surface area contributed by atoms with Crippen LogP contribution in [0.4, 0.5) is 0 Å². The fraction of sp³-hybridized carbons (Fsp3) is 0.368. The van der Waals surface area contributed by atoms with E-state index in [0.29, 0.717) is 16.9 Å². The minimum Gasteiger partial charge on any atom is -0.477 e. The van der Waals surface area contributed by atoms with Crippen molar-refractivity contribution in [1.82, 2.24) is 10.2 Å². The molecule has 8 nitrogen and oxygen atoms in total. The van der Waals surface area contributed by atoms with Crippen LogP contribution in [0.15, 0.2) is 29.5 Å². The third-order valence-corrected chi connectivity index (χ3v) is 5.96. The maximum absolute atomic E-state index is 12.6. The molecule has 2 amide bonds. The van der Waals surface area contributed by atoms with Crippen LogP contribution in [-0.2, 0) is 19.1 Å². The number of β-lactam (4-membered cyclic amide) rings is 1. The van der Waals surface area contributed by atoms with Gasteiger partial charge in [-0.2, -0.15) is 0 Å². The van der Waals surface area contributed by atoms with Gasteiger partial charge >= 0.3 is 11.9 Å². The number of nitrogens with one attached hydrogen (secondary N) is 1. The molecule has 1 saturated heterocycles. The summed E-state index contributed by atoms with van der Waals surface area (Å²) >= 11 is 1.33. The molecule has 28 heavy (non-hydrogen) atoms. The van der Waals surface area contributed by atoms with Gasteiger partial charge in [-0.15, -0.1) is 11.8 Å². The lowest BCUT2D eigenvalue weighted by Gasteiger charge is -2.49. The lowest BCUT2D eigenvalue weighted by atomic mass is 10.0. The fourth-order valence-electron chi connectivity index (χ4n) is 3.18. The van der Waals surface area contributed by atoms with Crippen LogP contribution in [0.1, 0.15) is 28.4 Å². The minimum atomic E-state index is -1.26. The third-order valence-electron chi connectivity index (χ3n) is 4.62. The molecule has 0 bridgehead atoms. The van der Waals surface area contributed by atoms with E-state index in [1.807, 2.05) is 26.0 Å². The lowest BCUT2D eigenvalue weighted by Crippen LogP contribution is -2.70. The highest BCUT2D eigenvalue weighted by atomic mass is 32.2. The summed E-state index contributed by atoms with van der Waals surface area (Å²) < 4.78 is 4.90. The average molecular weight is 404 g/mol. The molecule has 2 N–H and O–H groups in total. The van der Waals surface area contributed by atoms with Crippen molar-refractivity contribution in [1.29, 1.82) is 0 Å². The van der Waals surface area contributed by atoms with Gasteiger partial charge in [0.05, 0.1) is 0 Å². The Hall–Kier alpha value is -2.81. The maximum atomic E-state index is 12.6. The molecule has 1 aromatic carbocycles. The molecule has 148 valence electrons. The molecular formula is C19H20N2O6S. The average Bonchev–Trinajstić information content (AvgIpc) is 2.64. The van der Waals surface area contributed by atoms with Gasteiger partial charge in [-0.05, 0) is 25.5 Å². The Morgan fingerprint density at radius 3 is 2.68 bits per heavy atom. The molecule has 2 aliphatic rings. The van der Waals surface area contributed by atoms with Crippen LogP contribution in [0, 0.1) is 13.8 Å². The Kier molecular flexibility index (Phi) is 5.46. The number of amides is 2. The van der Waals surface area contributed by atoms with Gasteiger partial charge < -0.3 is 15.2 Å². The number of hydrogen-bond acceptors (Lipinski definition) is 6. The van der Waals surface area contributed by atoms with E-state index in [9.17, 15) is 24.3 Å². The van der Waals surface area contributed by atoms with Crippen molar-refractivity contribution in [3.05, 3.63) is 46.2 Å². The maximum Gasteiger partial charge on any atom is 0.352 e. The number of fused-ring (bicyclic) bond motifs is 1. The Balaban J connectivity index is 1.78. The summed E-state index contributed by atoms with van der Waals surface area (Å²) in [5.74, 6) is -2.36. The number of benzene rings is 1. The lowest BCUT2D eigenvalue weighted by molar-refractivity contribution is -0.149. The number of thioether (sulfide) groups is 1. The number of carboxylic acid groups (broad SMARTS) is 1. The molecular weight excluding hydrogens is 384 g/mol. The first-order valence-corrected chi connectivity index (χ1v) is 9.67. The van der Waals surface area contributed by atoms with Crippen molar-refractivity contribution >= 4 is 35.5 Å². The SMILES string of the molecule is CC(=O)OCC1=C(C(=O)O)N2C(=O)C(NC(=O)c3cc(C)ccc3C)C2SC1. The van der Waals surface area contributed by atoms with Gasteiger partial charge in [0.15, 0.2) is 0 Å². The zero-order valence-corrected chi connectivity index (χ0v) is 16.5.